The van der Waals surface area contributed by atoms with E-state index in [0.717, 1.165) is 24.5 Å². The highest BCUT2D eigenvalue weighted by Gasteiger charge is 2.23. The van der Waals surface area contributed by atoms with Crippen LogP contribution in [0.15, 0.2) is 30.3 Å². The van der Waals surface area contributed by atoms with E-state index in [0.29, 0.717) is 5.92 Å². The third-order valence-electron chi connectivity index (χ3n) is 3.87. The first-order chi connectivity index (χ1) is 9.65. The lowest BCUT2D eigenvalue weighted by Gasteiger charge is -2.28. The first-order valence-electron chi connectivity index (χ1n) is 7.19. The normalized spacial score (nSPS) is 16.3. The van der Waals surface area contributed by atoms with Gasteiger partial charge in [-0.05, 0) is 18.1 Å². The molecule has 1 aliphatic heterocycles. The van der Waals surface area contributed by atoms with Crippen molar-refractivity contribution < 1.29 is 0 Å². The van der Waals surface area contributed by atoms with Gasteiger partial charge in [-0.2, -0.15) is 0 Å². The lowest BCUT2D eigenvalue weighted by atomic mass is 10.1. The Morgan fingerprint density at radius 1 is 1.25 bits per heavy atom. The van der Waals surface area contributed by atoms with Gasteiger partial charge in [0.25, 0.3) is 0 Å². The van der Waals surface area contributed by atoms with Crippen LogP contribution in [0.3, 0.4) is 0 Å². The lowest BCUT2D eigenvalue weighted by Crippen LogP contribution is -2.29. The van der Waals surface area contributed by atoms with Crippen LogP contribution < -0.4 is 10.6 Å². The van der Waals surface area contributed by atoms with Crippen LogP contribution in [0.25, 0.3) is 0 Å². The molecule has 0 saturated heterocycles. The van der Waals surface area contributed by atoms with Gasteiger partial charge >= 0.3 is 0 Å². The van der Waals surface area contributed by atoms with Gasteiger partial charge in [0, 0.05) is 23.5 Å². The Labute approximate surface area is 124 Å². The van der Waals surface area contributed by atoms with Gasteiger partial charge in [-0.25, -0.2) is 4.98 Å². The zero-order valence-electron chi connectivity index (χ0n) is 12.0. The largest absolute Gasteiger partial charge is 0.366 e. The number of hydrogen-bond acceptors (Lipinski definition) is 4. The van der Waals surface area contributed by atoms with Gasteiger partial charge in [-0.3, -0.25) is 0 Å². The summed E-state index contributed by atoms with van der Waals surface area (Å²) in [6, 6.07) is 10.7. The predicted molar refractivity (Wildman–Crippen MR) is 85.1 cm³/mol. The van der Waals surface area contributed by atoms with E-state index in [-0.39, 0.29) is 6.04 Å². The Balaban J connectivity index is 1.82. The smallest absolute Gasteiger partial charge is 0.110 e. The van der Waals surface area contributed by atoms with Crippen molar-refractivity contribution in [2.24, 2.45) is 11.7 Å². The maximum absolute atomic E-state index is 6.23. The summed E-state index contributed by atoms with van der Waals surface area (Å²) in [5, 5.41) is 1.10. The highest BCUT2D eigenvalue weighted by atomic mass is 32.1. The fourth-order valence-corrected chi connectivity index (χ4v) is 3.80. The molecule has 0 bridgehead atoms. The number of nitrogens with zero attached hydrogens (tertiary/aromatic N) is 2. The molecule has 1 aromatic heterocycles. The molecule has 1 aromatic carbocycles. The van der Waals surface area contributed by atoms with Gasteiger partial charge in [-0.15, -0.1) is 11.3 Å². The molecular weight excluding hydrogens is 266 g/mol. The van der Waals surface area contributed by atoms with E-state index in [2.05, 4.69) is 49.1 Å². The molecule has 0 spiro atoms. The fraction of sp³-hybridized carbons (Fsp3) is 0.438. The maximum Gasteiger partial charge on any atom is 0.110 e. The van der Waals surface area contributed by atoms with Crippen LogP contribution in [0, 0.1) is 5.92 Å². The van der Waals surface area contributed by atoms with Gasteiger partial charge in [0.1, 0.15) is 5.01 Å². The Hall–Kier alpha value is -1.39. The summed E-state index contributed by atoms with van der Waals surface area (Å²) >= 11 is 1.79. The van der Waals surface area contributed by atoms with Crippen molar-refractivity contribution in [3.05, 3.63) is 45.9 Å². The van der Waals surface area contributed by atoms with Crippen molar-refractivity contribution >= 4 is 17.0 Å². The number of hydrogen-bond donors (Lipinski definition) is 1. The second-order valence-corrected chi connectivity index (χ2v) is 6.81. The number of rotatable bonds is 3. The molecular formula is C16H21N3S. The molecule has 20 heavy (non-hydrogen) atoms. The molecule has 106 valence electrons. The van der Waals surface area contributed by atoms with Crippen molar-refractivity contribution in [3.8, 4) is 0 Å². The molecule has 0 fully saturated rings. The number of benzene rings is 1. The molecule has 0 radical (unpaired) electrons. The molecule has 0 aliphatic carbocycles. The summed E-state index contributed by atoms with van der Waals surface area (Å²) < 4.78 is 0. The third kappa shape index (κ3) is 2.58. The Bertz CT molecular complexity index is 577. The van der Waals surface area contributed by atoms with Crippen molar-refractivity contribution in [2.75, 3.05) is 11.4 Å². The monoisotopic (exact) mass is 287 g/mol. The minimum Gasteiger partial charge on any atom is -0.366 e. The molecule has 2 N–H and O–H groups in total. The minimum atomic E-state index is 0.0655. The standard InChI is InChI=1S/C16H21N3S/c1-11(2)15(17)16-18-13-8-9-19(10-14(13)20-16)12-6-4-3-5-7-12/h3-7,11,15H,8-10,17H2,1-2H3. The number of fused-ring (bicyclic) bond motifs is 1. The zero-order chi connectivity index (χ0) is 14.1. The second-order valence-electron chi connectivity index (χ2n) is 5.70. The van der Waals surface area contributed by atoms with E-state index in [1.165, 1.54) is 16.3 Å². The van der Waals surface area contributed by atoms with Crippen LogP contribution in [0.5, 0.6) is 0 Å². The zero-order valence-corrected chi connectivity index (χ0v) is 12.9. The van der Waals surface area contributed by atoms with Crippen molar-refractivity contribution in [3.63, 3.8) is 0 Å². The summed E-state index contributed by atoms with van der Waals surface area (Å²) in [5.74, 6) is 0.438. The average molecular weight is 287 g/mol. The van der Waals surface area contributed by atoms with Crippen LogP contribution in [0.1, 0.15) is 35.5 Å². The molecule has 1 aliphatic rings. The van der Waals surface area contributed by atoms with Gasteiger partial charge in [0.2, 0.25) is 0 Å². The fourth-order valence-electron chi connectivity index (χ4n) is 2.50. The first-order valence-corrected chi connectivity index (χ1v) is 8.01. The van der Waals surface area contributed by atoms with Crippen LogP contribution in [-0.4, -0.2) is 11.5 Å². The van der Waals surface area contributed by atoms with Gasteiger partial charge < -0.3 is 10.6 Å². The van der Waals surface area contributed by atoms with Crippen LogP contribution in [-0.2, 0) is 13.0 Å². The van der Waals surface area contributed by atoms with E-state index < -0.39 is 0 Å². The topological polar surface area (TPSA) is 42.1 Å². The second kappa shape index (κ2) is 5.54. The molecule has 1 unspecified atom stereocenters. The number of anilines is 1. The molecule has 3 nitrogen and oxygen atoms in total. The van der Waals surface area contributed by atoms with Crippen LogP contribution >= 0.6 is 11.3 Å². The molecule has 4 heteroatoms. The van der Waals surface area contributed by atoms with E-state index in [1.807, 2.05) is 0 Å². The quantitative estimate of drug-likeness (QED) is 0.941. The van der Waals surface area contributed by atoms with Crippen molar-refractivity contribution in [1.29, 1.82) is 0 Å². The predicted octanol–water partition coefficient (Wildman–Crippen LogP) is 3.36. The van der Waals surface area contributed by atoms with E-state index >= 15 is 0 Å². The van der Waals surface area contributed by atoms with Crippen molar-refractivity contribution in [1.82, 2.24) is 4.98 Å². The number of thiazole rings is 1. The Morgan fingerprint density at radius 2 is 2.00 bits per heavy atom. The van der Waals surface area contributed by atoms with Crippen LogP contribution in [0.4, 0.5) is 5.69 Å². The van der Waals surface area contributed by atoms with Crippen LogP contribution in [0.2, 0.25) is 0 Å². The molecule has 1 atom stereocenters. The Morgan fingerprint density at radius 3 is 2.70 bits per heavy atom. The summed E-state index contributed by atoms with van der Waals surface area (Å²) in [7, 11) is 0. The molecule has 2 aromatic rings. The highest BCUT2D eigenvalue weighted by Crippen LogP contribution is 2.32. The summed E-state index contributed by atoms with van der Waals surface area (Å²) in [6.07, 6.45) is 1.02. The number of nitrogens with two attached hydrogens (primary N) is 1. The number of para-hydroxylation sites is 1. The van der Waals surface area contributed by atoms with Crippen molar-refractivity contribution in [2.45, 2.75) is 32.9 Å². The Kier molecular flexibility index (Phi) is 3.76. The van der Waals surface area contributed by atoms with E-state index in [4.69, 9.17) is 10.7 Å². The molecule has 3 rings (SSSR count). The van der Waals surface area contributed by atoms with Gasteiger partial charge in [-0.1, -0.05) is 32.0 Å². The van der Waals surface area contributed by atoms with Gasteiger partial charge in [0.05, 0.1) is 18.3 Å². The van der Waals surface area contributed by atoms with E-state index in [9.17, 15) is 0 Å². The maximum atomic E-state index is 6.23. The summed E-state index contributed by atoms with van der Waals surface area (Å²) in [6.45, 7) is 6.31. The van der Waals surface area contributed by atoms with E-state index in [1.54, 1.807) is 11.3 Å². The highest BCUT2D eigenvalue weighted by molar-refractivity contribution is 7.11. The SMILES string of the molecule is CC(C)C(N)c1nc2c(s1)CN(c1ccccc1)CC2. The summed E-state index contributed by atoms with van der Waals surface area (Å²) in [5.41, 5.74) is 8.78. The number of aromatic nitrogens is 1. The van der Waals surface area contributed by atoms with Gasteiger partial charge in [0.15, 0.2) is 0 Å². The average Bonchev–Trinajstić information content (AvgIpc) is 2.90. The minimum absolute atomic E-state index is 0.0655. The lowest BCUT2D eigenvalue weighted by molar-refractivity contribution is 0.511. The molecule has 0 saturated carbocycles. The molecule has 2 heterocycles. The third-order valence-corrected chi connectivity index (χ3v) is 5.06. The first kappa shape index (κ1) is 13.6. The summed E-state index contributed by atoms with van der Waals surface area (Å²) in [4.78, 5) is 8.57. The molecule has 0 amide bonds.